The van der Waals surface area contributed by atoms with Gasteiger partial charge in [-0.1, -0.05) is 0 Å². The zero-order valence-corrected chi connectivity index (χ0v) is 13.0. The molecule has 0 aliphatic heterocycles. The Morgan fingerprint density at radius 1 is 1.50 bits per heavy atom. The Morgan fingerprint density at radius 3 is 3.05 bits per heavy atom. The molecular formula is C16H13N3O2S. The normalized spacial score (nSPS) is 10.6. The monoisotopic (exact) mass is 311 g/mol. The summed E-state index contributed by atoms with van der Waals surface area (Å²) in [7, 11) is 0. The minimum Gasteiger partial charge on any atom is -0.462 e. The lowest BCUT2D eigenvalue weighted by atomic mass is 10.1. The number of rotatable bonds is 3. The van der Waals surface area contributed by atoms with E-state index in [0.717, 1.165) is 21.5 Å². The molecule has 0 fully saturated rings. The summed E-state index contributed by atoms with van der Waals surface area (Å²) in [5, 5.41) is 10.7. The number of nitrogens with one attached hydrogen (secondary N) is 1. The Labute approximate surface area is 131 Å². The number of thiazole rings is 1. The number of fused-ring (bicyclic) bond motifs is 1. The summed E-state index contributed by atoms with van der Waals surface area (Å²) in [5.41, 5.74) is 3.04. The smallest absolute Gasteiger partial charge is 0.350 e. The zero-order chi connectivity index (χ0) is 15.7. The first-order valence-corrected chi connectivity index (χ1v) is 7.61. The van der Waals surface area contributed by atoms with Gasteiger partial charge in [0.1, 0.15) is 16.0 Å². The average molecular weight is 311 g/mol. The summed E-state index contributed by atoms with van der Waals surface area (Å²) in [6, 6.07) is 7.90. The van der Waals surface area contributed by atoms with Crippen molar-refractivity contribution < 1.29 is 9.53 Å². The Balaban J connectivity index is 2.06. The number of nitrogens with zero attached hydrogens (tertiary/aromatic N) is 2. The van der Waals surface area contributed by atoms with Crippen LogP contribution in [0.3, 0.4) is 0 Å². The van der Waals surface area contributed by atoms with Crippen LogP contribution in [0.4, 0.5) is 0 Å². The van der Waals surface area contributed by atoms with Crippen molar-refractivity contribution in [1.82, 2.24) is 9.97 Å². The van der Waals surface area contributed by atoms with Crippen LogP contribution in [-0.2, 0) is 4.74 Å². The molecule has 2 aromatic heterocycles. The summed E-state index contributed by atoms with van der Waals surface area (Å²) in [5.74, 6) is -0.343. The van der Waals surface area contributed by atoms with Gasteiger partial charge in [0, 0.05) is 22.7 Å². The molecular weight excluding hydrogens is 298 g/mol. The molecule has 0 aliphatic rings. The van der Waals surface area contributed by atoms with Crippen LogP contribution in [0.25, 0.3) is 21.5 Å². The standard InChI is InChI=1S/C16H13N3O2S/c1-3-21-16(20)14-9(2)19-15(22-14)10-4-5-13-12(6-10)11(7-17)8-18-13/h4-6,8,18H,3H2,1-2H3. The Morgan fingerprint density at radius 2 is 2.32 bits per heavy atom. The van der Waals surface area contributed by atoms with Crippen LogP contribution >= 0.6 is 11.3 Å². The van der Waals surface area contributed by atoms with E-state index in [1.54, 1.807) is 20.0 Å². The van der Waals surface area contributed by atoms with Crippen LogP contribution in [0, 0.1) is 18.3 Å². The van der Waals surface area contributed by atoms with Crippen molar-refractivity contribution in [3.8, 4) is 16.6 Å². The van der Waals surface area contributed by atoms with Crippen molar-refractivity contribution in [2.45, 2.75) is 13.8 Å². The lowest BCUT2D eigenvalue weighted by molar-refractivity contribution is 0.0531. The molecule has 0 saturated heterocycles. The molecule has 0 aliphatic carbocycles. The largest absolute Gasteiger partial charge is 0.462 e. The number of hydrogen-bond donors (Lipinski definition) is 1. The van der Waals surface area contributed by atoms with Crippen molar-refractivity contribution in [2.24, 2.45) is 0 Å². The van der Waals surface area contributed by atoms with Crippen molar-refractivity contribution >= 4 is 28.2 Å². The van der Waals surface area contributed by atoms with Gasteiger partial charge in [0.2, 0.25) is 0 Å². The fourth-order valence-corrected chi connectivity index (χ4v) is 3.21. The van der Waals surface area contributed by atoms with Gasteiger partial charge in [-0.15, -0.1) is 11.3 Å². The highest BCUT2D eigenvalue weighted by Gasteiger charge is 2.17. The number of aromatic nitrogens is 2. The van der Waals surface area contributed by atoms with Crippen LogP contribution in [-0.4, -0.2) is 22.5 Å². The highest BCUT2D eigenvalue weighted by Crippen LogP contribution is 2.31. The highest BCUT2D eigenvalue weighted by atomic mass is 32.1. The van der Waals surface area contributed by atoms with E-state index < -0.39 is 0 Å². The van der Waals surface area contributed by atoms with Crippen molar-refractivity contribution in [3.63, 3.8) is 0 Å². The quantitative estimate of drug-likeness (QED) is 0.749. The lowest BCUT2D eigenvalue weighted by Gasteiger charge is -1.98. The fraction of sp³-hybridized carbons (Fsp3) is 0.188. The van der Waals surface area contributed by atoms with Crippen LogP contribution in [0.15, 0.2) is 24.4 Å². The van der Waals surface area contributed by atoms with Gasteiger partial charge >= 0.3 is 5.97 Å². The van der Waals surface area contributed by atoms with Crippen molar-refractivity contribution in [3.05, 3.63) is 40.5 Å². The molecule has 0 bridgehead atoms. The Kier molecular flexibility index (Phi) is 3.65. The number of aryl methyl sites for hydroxylation is 1. The second-order valence-corrected chi connectivity index (χ2v) is 5.73. The number of hydrogen-bond acceptors (Lipinski definition) is 5. The molecule has 1 N–H and O–H groups in total. The first kappa shape index (κ1) is 14.3. The minimum absolute atomic E-state index is 0.340. The molecule has 3 rings (SSSR count). The summed E-state index contributed by atoms with van der Waals surface area (Å²) in [6.07, 6.45) is 1.69. The van der Waals surface area contributed by atoms with Gasteiger partial charge in [-0.3, -0.25) is 0 Å². The summed E-state index contributed by atoms with van der Waals surface area (Å²) in [4.78, 5) is 19.9. The maximum atomic E-state index is 11.9. The molecule has 0 saturated carbocycles. The van der Waals surface area contributed by atoms with Crippen LogP contribution < -0.4 is 0 Å². The molecule has 0 atom stereocenters. The molecule has 0 spiro atoms. The molecule has 0 radical (unpaired) electrons. The van der Waals surface area contributed by atoms with Gasteiger partial charge in [-0.25, -0.2) is 9.78 Å². The predicted octanol–water partition coefficient (Wildman–Crippen LogP) is 3.65. The number of ether oxygens (including phenoxy) is 1. The SMILES string of the molecule is CCOC(=O)c1sc(-c2ccc3[nH]cc(C#N)c3c2)nc1C. The van der Waals surface area contributed by atoms with Gasteiger partial charge in [0.15, 0.2) is 0 Å². The van der Waals surface area contributed by atoms with Crippen LogP contribution in [0.1, 0.15) is 27.9 Å². The van der Waals surface area contributed by atoms with Crippen molar-refractivity contribution in [2.75, 3.05) is 6.61 Å². The second-order valence-electron chi connectivity index (χ2n) is 4.73. The molecule has 22 heavy (non-hydrogen) atoms. The van der Waals surface area contributed by atoms with E-state index in [1.807, 2.05) is 18.2 Å². The first-order chi connectivity index (χ1) is 10.6. The number of carbonyl (C=O) groups excluding carboxylic acids is 1. The molecule has 0 unspecified atom stereocenters. The average Bonchev–Trinajstić information content (AvgIpc) is 3.10. The van der Waals surface area contributed by atoms with Gasteiger partial charge in [-0.05, 0) is 32.0 Å². The molecule has 110 valence electrons. The third-order valence-corrected chi connectivity index (χ3v) is 4.49. The van der Waals surface area contributed by atoms with E-state index in [1.165, 1.54) is 11.3 Å². The first-order valence-electron chi connectivity index (χ1n) is 6.80. The number of H-pyrrole nitrogens is 1. The predicted molar refractivity (Wildman–Crippen MR) is 84.8 cm³/mol. The van der Waals surface area contributed by atoms with Gasteiger partial charge < -0.3 is 9.72 Å². The van der Waals surface area contributed by atoms with E-state index in [9.17, 15) is 4.79 Å². The van der Waals surface area contributed by atoms with E-state index in [2.05, 4.69) is 16.0 Å². The zero-order valence-electron chi connectivity index (χ0n) is 12.1. The topological polar surface area (TPSA) is 78.8 Å². The van der Waals surface area contributed by atoms with E-state index in [4.69, 9.17) is 10.00 Å². The molecule has 6 heteroatoms. The molecule has 5 nitrogen and oxygen atoms in total. The van der Waals surface area contributed by atoms with Gasteiger partial charge in [-0.2, -0.15) is 5.26 Å². The third kappa shape index (κ3) is 2.36. The van der Waals surface area contributed by atoms with Crippen LogP contribution in [0.5, 0.6) is 0 Å². The molecule has 2 heterocycles. The third-order valence-electron chi connectivity index (χ3n) is 3.31. The summed E-state index contributed by atoms with van der Waals surface area (Å²) >= 11 is 1.31. The Hall–Kier alpha value is -2.65. The Bertz CT molecular complexity index is 902. The van der Waals surface area contributed by atoms with E-state index >= 15 is 0 Å². The number of nitriles is 1. The number of benzene rings is 1. The second kappa shape index (κ2) is 5.62. The fourth-order valence-electron chi connectivity index (χ4n) is 2.25. The van der Waals surface area contributed by atoms with E-state index in [0.29, 0.717) is 22.7 Å². The van der Waals surface area contributed by atoms with Crippen molar-refractivity contribution in [1.29, 1.82) is 5.26 Å². The molecule has 3 aromatic rings. The van der Waals surface area contributed by atoms with Gasteiger partial charge in [0.05, 0.1) is 17.9 Å². The summed E-state index contributed by atoms with van der Waals surface area (Å²) < 4.78 is 5.04. The number of esters is 1. The molecule has 0 amide bonds. The lowest BCUT2D eigenvalue weighted by Crippen LogP contribution is -2.03. The maximum absolute atomic E-state index is 11.9. The maximum Gasteiger partial charge on any atom is 0.350 e. The highest BCUT2D eigenvalue weighted by molar-refractivity contribution is 7.17. The van der Waals surface area contributed by atoms with E-state index in [-0.39, 0.29) is 5.97 Å². The summed E-state index contributed by atoms with van der Waals surface area (Å²) in [6.45, 7) is 3.91. The minimum atomic E-state index is -0.343. The number of aromatic amines is 1. The molecule has 1 aromatic carbocycles. The van der Waals surface area contributed by atoms with Crippen LogP contribution in [0.2, 0.25) is 0 Å². The van der Waals surface area contributed by atoms with Gasteiger partial charge in [0.25, 0.3) is 0 Å². The number of carbonyl (C=O) groups is 1.